The predicted octanol–water partition coefficient (Wildman–Crippen LogP) is 7.85. The Bertz CT molecular complexity index is 1260. The summed E-state index contributed by atoms with van der Waals surface area (Å²) in [5.41, 5.74) is 1.45. The van der Waals surface area contributed by atoms with Gasteiger partial charge in [0, 0.05) is 32.4 Å². The zero-order valence-electron chi connectivity index (χ0n) is 16.1. The van der Waals surface area contributed by atoms with E-state index >= 15 is 0 Å². The minimum atomic E-state index is -4.48. The van der Waals surface area contributed by atoms with Crippen LogP contribution in [0.4, 0.5) is 18.9 Å². The van der Waals surface area contributed by atoms with E-state index in [0.29, 0.717) is 31.4 Å². The van der Waals surface area contributed by atoms with Gasteiger partial charge >= 0.3 is 6.18 Å². The van der Waals surface area contributed by atoms with E-state index in [1.165, 1.54) is 6.07 Å². The smallest absolute Gasteiger partial charge is 0.416 e. The number of anilines is 1. The van der Waals surface area contributed by atoms with E-state index in [1.807, 2.05) is 0 Å². The van der Waals surface area contributed by atoms with Crippen LogP contribution >= 0.6 is 39.1 Å². The molecule has 9 heteroatoms. The second kappa shape index (κ2) is 8.81. The van der Waals surface area contributed by atoms with E-state index in [-0.39, 0.29) is 17.9 Å². The molecular weight excluding hydrogens is 530 g/mol. The number of hydrogen-bond acceptors (Lipinski definition) is 2. The molecule has 164 valence electrons. The Morgan fingerprint density at radius 3 is 2.50 bits per heavy atom. The first kappa shape index (κ1) is 22.7. The van der Waals surface area contributed by atoms with E-state index in [9.17, 15) is 18.0 Å². The summed E-state index contributed by atoms with van der Waals surface area (Å²) in [5, 5.41) is 3.52. The number of amides is 1. The van der Waals surface area contributed by atoms with Crippen LogP contribution in [0.3, 0.4) is 0 Å². The van der Waals surface area contributed by atoms with Crippen molar-refractivity contribution in [2.75, 3.05) is 5.32 Å². The molecule has 1 aliphatic heterocycles. The maximum atomic E-state index is 12.9. The fraction of sp³-hybridized carbons (Fsp3) is 0.0870. The lowest BCUT2D eigenvalue weighted by atomic mass is 10.0. The molecule has 0 bridgehead atoms. The molecule has 3 aromatic carbocycles. The van der Waals surface area contributed by atoms with Gasteiger partial charge in [0.15, 0.2) is 0 Å². The Morgan fingerprint density at radius 1 is 1.03 bits per heavy atom. The lowest BCUT2D eigenvalue weighted by Gasteiger charge is -2.10. The zero-order chi connectivity index (χ0) is 23.0. The molecule has 0 atom stereocenters. The molecule has 1 N–H and O–H groups in total. The number of ether oxygens (including phenoxy) is 1. The first-order valence-electron chi connectivity index (χ1n) is 9.23. The molecule has 1 amide bonds. The maximum absolute atomic E-state index is 12.9. The van der Waals surface area contributed by atoms with Crippen LogP contribution in [0.25, 0.3) is 11.6 Å². The third-order valence-electron chi connectivity index (χ3n) is 4.80. The molecule has 32 heavy (non-hydrogen) atoms. The van der Waals surface area contributed by atoms with E-state index < -0.39 is 17.6 Å². The van der Waals surface area contributed by atoms with Crippen LogP contribution in [0.15, 0.2) is 59.1 Å². The highest BCUT2D eigenvalue weighted by atomic mass is 79.9. The molecule has 0 aliphatic carbocycles. The topological polar surface area (TPSA) is 38.3 Å². The van der Waals surface area contributed by atoms with Crippen molar-refractivity contribution in [2.24, 2.45) is 0 Å². The van der Waals surface area contributed by atoms with Crippen molar-refractivity contribution in [3.8, 4) is 5.75 Å². The third kappa shape index (κ3) is 4.80. The minimum absolute atomic E-state index is 0.134. The van der Waals surface area contributed by atoms with Gasteiger partial charge in [-0.2, -0.15) is 13.2 Å². The van der Waals surface area contributed by atoms with Crippen molar-refractivity contribution in [1.82, 2.24) is 0 Å². The molecule has 0 fully saturated rings. The molecule has 0 saturated heterocycles. The average Bonchev–Trinajstić information content (AvgIpc) is 3.02. The number of nitrogens with one attached hydrogen (secondary N) is 1. The Hall–Kier alpha value is -2.48. The summed E-state index contributed by atoms with van der Waals surface area (Å²) in [6.45, 7) is 0.229. The number of halogens is 6. The Labute approximate surface area is 199 Å². The van der Waals surface area contributed by atoms with Crippen LogP contribution in [-0.4, -0.2) is 5.91 Å². The lowest BCUT2D eigenvalue weighted by Crippen LogP contribution is -2.06. The third-order valence-corrected chi connectivity index (χ3v) is 6.00. The number of alkyl halides is 3. The van der Waals surface area contributed by atoms with Crippen LogP contribution in [-0.2, 0) is 17.6 Å². The molecule has 0 aromatic heterocycles. The monoisotopic (exact) mass is 541 g/mol. The fourth-order valence-electron chi connectivity index (χ4n) is 3.20. The highest BCUT2D eigenvalue weighted by molar-refractivity contribution is 9.10. The molecule has 1 heterocycles. The van der Waals surface area contributed by atoms with Crippen molar-refractivity contribution in [2.45, 2.75) is 12.8 Å². The van der Waals surface area contributed by atoms with Crippen LogP contribution in [0, 0.1) is 0 Å². The van der Waals surface area contributed by atoms with Gasteiger partial charge in [-0.3, -0.25) is 4.79 Å². The van der Waals surface area contributed by atoms with Gasteiger partial charge in [0.2, 0.25) is 0 Å². The highest BCUT2D eigenvalue weighted by Crippen LogP contribution is 2.39. The number of hydrogen-bond donors (Lipinski definition) is 1. The molecule has 3 nitrogen and oxygen atoms in total. The SMILES string of the molecule is O=C1Nc2cc(C(F)(F)F)ccc2/C1=C/c1ccc(OCc2ccc(Cl)cc2Cl)c(Br)c1. The number of benzene rings is 3. The van der Waals surface area contributed by atoms with Crippen molar-refractivity contribution in [3.63, 3.8) is 0 Å². The summed E-state index contributed by atoms with van der Waals surface area (Å²) in [6, 6.07) is 13.5. The maximum Gasteiger partial charge on any atom is 0.416 e. The quantitative estimate of drug-likeness (QED) is 0.341. The van der Waals surface area contributed by atoms with Gasteiger partial charge in [0.05, 0.1) is 10.0 Å². The summed E-state index contributed by atoms with van der Waals surface area (Å²) in [5.74, 6) is 0.0948. The molecule has 4 rings (SSSR count). The first-order valence-corrected chi connectivity index (χ1v) is 10.8. The van der Waals surface area contributed by atoms with Crippen molar-refractivity contribution in [1.29, 1.82) is 0 Å². The van der Waals surface area contributed by atoms with E-state index in [4.69, 9.17) is 27.9 Å². The molecular formula is C23H13BrCl2F3NO2. The zero-order valence-corrected chi connectivity index (χ0v) is 19.2. The molecule has 0 unspecified atom stereocenters. The number of fused-ring (bicyclic) bond motifs is 1. The van der Waals surface area contributed by atoms with Crippen LogP contribution in [0.1, 0.15) is 22.3 Å². The normalized spacial score (nSPS) is 14.4. The molecule has 3 aromatic rings. The van der Waals surface area contributed by atoms with Crippen LogP contribution < -0.4 is 10.1 Å². The lowest BCUT2D eigenvalue weighted by molar-refractivity contribution is -0.137. The van der Waals surface area contributed by atoms with Gasteiger partial charge in [-0.25, -0.2) is 0 Å². The summed E-state index contributed by atoms with van der Waals surface area (Å²) in [6.07, 6.45) is -2.87. The second-order valence-electron chi connectivity index (χ2n) is 6.98. The number of carbonyl (C=O) groups excluding carboxylic acids is 1. The van der Waals surface area contributed by atoms with Gasteiger partial charge in [0.1, 0.15) is 12.4 Å². The van der Waals surface area contributed by atoms with Gasteiger partial charge in [-0.05, 0) is 64.0 Å². The standard InChI is InChI=1S/C23H13BrCl2F3NO2/c24-18-8-12(1-6-21(18)32-11-13-2-4-15(25)10-19(13)26)7-17-16-5-3-14(23(27,28)29)9-20(16)30-22(17)31/h1-10H,11H2,(H,30,31)/b17-7-. The van der Waals surface area contributed by atoms with E-state index in [2.05, 4.69) is 21.2 Å². The fourth-order valence-corrected chi connectivity index (χ4v) is 4.17. The summed E-state index contributed by atoms with van der Waals surface area (Å²) >= 11 is 15.5. The molecule has 0 spiro atoms. The van der Waals surface area contributed by atoms with Gasteiger partial charge in [-0.15, -0.1) is 0 Å². The molecule has 0 saturated carbocycles. The van der Waals surface area contributed by atoms with Crippen molar-refractivity contribution < 1.29 is 22.7 Å². The summed E-state index contributed by atoms with van der Waals surface area (Å²) in [7, 11) is 0. The van der Waals surface area contributed by atoms with E-state index in [1.54, 1.807) is 42.5 Å². The second-order valence-corrected chi connectivity index (χ2v) is 8.68. The largest absolute Gasteiger partial charge is 0.488 e. The Kier molecular flexibility index (Phi) is 6.25. The minimum Gasteiger partial charge on any atom is -0.488 e. The van der Waals surface area contributed by atoms with Gasteiger partial charge < -0.3 is 10.1 Å². The van der Waals surface area contributed by atoms with E-state index in [0.717, 1.165) is 17.7 Å². The van der Waals surface area contributed by atoms with Crippen LogP contribution in [0.5, 0.6) is 5.75 Å². The van der Waals surface area contributed by atoms with Gasteiger partial charge in [0.25, 0.3) is 5.91 Å². The number of rotatable bonds is 4. The first-order chi connectivity index (χ1) is 15.1. The summed E-state index contributed by atoms with van der Waals surface area (Å²) < 4.78 is 45.3. The molecule has 1 aliphatic rings. The Balaban J connectivity index is 1.55. The predicted molar refractivity (Wildman–Crippen MR) is 123 cm³/mol. The van der Waals surface area contributed by atoms with Crippen molar-refractivity contribution >= 4 is 62.4 Å². The molecule has 0 radical (unpaired) electrons. The average molecular weight is 543 g/mol. The Morgan fingerprint density at radius 2 is 1.81 bits per heavy atom. The summed E-state index contributed by atoms with van der Waals surface area (Å²) in [4.78, 5) is 12.3. The van der Waals surface area contributed by atoms with Crippen LogP contribution in [0.2, 0.25) is 10.0 Å². The van der Waals surface area contributed by atoms with Gasteiger partial charge in [-0.1, -0.05) is 41.4 Å². The highest BCUT2D eigenvalue weighted by Gasteiger charge is 2.33. The van der Waals surface area contributed by atoms with Crippen molar-refractivity contribution in [3.05, 3.63) is 91.4 Å². The number of carbonyl (C=O) groups is 1.